The van der Waals surface area contributed by atoms with E-state index in [2.05, 4.69) is 0 Å². The lowest BCUT2D eigenvalue weighted by Crippen LogP contribution is -2.48. The van der Waals surface area contributed by atoms with Gasteiger partial charge < -0.3 is 23.9 Å². The Morgan fingerprint density at radius 3 is 2.52 bits per heavy atom. The van der Waals surface area contributed by atoms with Crippen molar-refractivity contribution in [1.29, 1.82) is 0 Å². The summed E-state index contributed by atoms with van der Waals surface area (Å²) in [4.78, 5) is 23.9. The molecule has 2 saturated carbocycles. The lowest BCUT2D eigenvalue weighted by molar-refractivity contribution is -0.151. The lowest BCUT2D eigenvalue weighted by Gasteiger charge is -2.38. The number of carbonyl (C=O) groups excluding carboxylic acids is 2. The SMILES string of the molecule is CC(C)(O)C1C2CC3C(OC(=O)C31)C2OCC(=O)Oc1ccc(S(=O)(=O)[O-])cc1. The van der Waals surface area contributed by atoms with E-state index in [0.717, 1.165) is 12.1 Å². The average molecular weight is 425 g/mol. The number of hydrogen-bond donors (Lipinski definition) is 1. The van der Waals surface area contributed by atoms with Crippen LogP contribution in [-0.4, -0.2) is 54.4 Å². The molecule has 1 aliphatic heterocycles. The van der Waals surface area contributed by atoms with Gasteiger partial charge in [0.1, 0.15) is 28.6 Å². The maximum Gasteiger partial charge on any atom is 0.337 e. The van der Waals surface area contributed by atoms with E-state index >= 15 is 0 Å². The Hall–Kier alpha value is -2.01. The van der Waals surface area contributed by atoms with Crippen molar-refractivity contribution in [2.45, 2.75) is 43.0 Å². The number of fused-ring (bicyclic) bond motifs is 1. The second kappa shape index (κ2) is 6.76. The van der Waals surface area contributed by atoms with E-state index in [1.165, 1.54) is 12.1 Å². The molecule has 3 fully saturated rings. The highest BCUT2D eigenvalue weighted by atomic mass is 32.2. The number of esters is 2. The van der Waals surface area contributed by atoms with Gasteiger partial charge in [-0.15, -0.1) is 0 Å². The van der Waals surface area contributed by atoms with Gasteiger partial charge in [0, 0.05) is 11.8 Å². The first kappa shape index (κ1) is 20.3. The molecule has 2 bridgehead atoms. The summed E-state index contributed by atoms with van der Waals surface area (Å²) in [6, 6.07) is 4.50. The zero-order valence-electron chi connectivity index (χ0n) is 15.8. The van der Waals surface area contributed by atoms with Crippen molar-refractivity contribution in [3.63, 3.8) is 0 Å². The van der Waals surface area contributed by atoms with E-state index in [-0.39, 0.29) is 35.4 Å². The second-order valence-electron chi connectivity index (χ2n) is 8.35. The van der Waals surface area contributed by atoms with Gasteiger partial charge in [0.15, 0.2) is 0 Å². The maximum absolute atomic E-state index is 12.2. The molecule has 1 heterocycles. The van der Waals surface area contributed by atoms with Crippen molar-refractivity contribution in [3.8, 4) is 5.75 Å². The van der Waals surface area contributed by atoms with Crippen LogP contribution < -0.4 is 4.74 Å². The number of hydrogen-bond acceptors (Lipinski definition) is 9. The largest absolute Gasteiger partial charge is 0.744 e. The van der Waals surface area contributed by atoms with E-state index in [0.29, 0.717) is 6.42 Å². The molecule has 2 aliphatic carbocycles. The van der Waals surface area contributed by atoms with Crippen LogP contribution >= 0.6 is 0 Å². The number of carbonyl (C=O) groups is 2. The van der Waals surface area contributed by atoms with Gasteiger partial charge in [-0.25, -0.2) is 13.2 Å². The normalized spacial score (nSPS) is 33.0. The third kappa shape index (κ3) is 3.54. The topological polar surface area (TPSA) is 139 Å². The van der Waals surface area contributed by atoms with E-state index in [1.54, 1.807) is 13.8 Å². The maximum atomic E-state index is 12.2. The molecule has 0 radical (unpaired) electrons. The van der Waals surface area contributed by atoms with Gasteiger partial charge >= 0.3 is 11.9 Å². The van der Waals surface area contributed by atoms with Gasteiger partial charge in [0.05, 0.1) is 22.5 Å². The highest BCUT2D eigenvalue weighted by molar-refractivity contribution is 7.85. The highest BCUT2D eigenvalue weighted by Gasteiger charge is 2.69. The number of benzene rings is 1. The fraction of sp³-hybridized carbons (Fsp3) is 0.579. The summed E-state index contributed by atoms with van der Waals surface area (Å²) in [6.45, 7) is 2.93. The molecule has 0 amide bonds. The molecule has 10 heteroatoms. The molecule has 1 saturated heterocycles. The summed E-state index contributed by atoms with van der Waals surface area (Å²) in [5.41, 5.74) is -1.08. The van der Waals surface area contributed by atoms with Crippen molar-refractivity contribution in [3.05, 3.63) is 24.3 Å². The van der Waals surface area contributed by atoms with Crippen molar-refractivity contribution >= 4 is 22.1 Å². The van der Waals surface area contributed by atoms with E-state index < -0.39 is 45.4 Å². The highest BCUT2D eigenvalue weighted by Crippen LogP contribution is 2.61. The van der Waals surface area contributed by atoms with Gasteiger partial charge in [-0.2, -0.15) is 0 Å². The molecule has 1 N–H and O–H groups in total. The molecule has 6 atom stereocenters. The standard InChI is InChI=1S/C19H22O9S/c1-19(2,22)15-12-7-11-14(15)18(21)28-17(11)16(12)26-8-13(20)27-9-3-5-10(6-4-9)29(23,24)25/h3-6,11-12,14-17,22H,7-8H2,1-2H3,(H,23,24,25)/p-1. The minimum atomic E-state index is -4.58. The third-order valence-corrected chi connectivity index (χ3v) is 6.95. The van der Waals surface area contributed by atoms with Gasteiger partial charge in [-0.3, -0.25) is 4.79 Å². The molecule has 29 heavy (non-hydrogen) atoms. The Labute approximate surface area is 167 Å². The third-order valence-electron chi connectivity index (χ3n) is 6.10. The number of aliphatic hydroxyl groups is 1. The first-order valence-electron chi connectivity index (χ1n) is 9.28. The van der Waals surface area contributed by atoms with Gasteiger partial charge in [0.25, 0.3) is 0 Å². The monoisotopic (exact) mass is 425 g/mol. The molecule has 9 nitrogen and oxygen atoms in total. The average Bonchev–Trinajstić information content (AvgIpc) is 3.21. The van der Waals surface area contributed by atoms with Crippen molar-refractivity contribution in [2.24, 2.45) is 23.7 Å². The lowest BCUT2D eigenvalue weighted by atomic mass is 9.71. The molecular weight excluding hydrogens is 404 g/mol. The Morgan fingerprint density at radius 1 is 1.28 bits per heavy atom. The van der Waals surface area contributed by atoms with Gasteiger partial charge in [-0.1, -0.05) is 0 Å². The van der Waals surface area contributed by atoms with Gasteiger partial charge in [0.2, 0.25) is 0 Å². The minimum Gasteiger partial charge on any atom is -0.744 e. The van der Waals surface area contributed by atoms with Crippen LogP contribution in [-0.2, 0) is 29.2 Å². The number of ether oxygens (including phenoxy) is 3. The van der Waals surface area contributed by atoms with Crippen LogP contribution in [0.2, 0.25) is 0 Å². The van der Waals surface area contributed by atoms with Crippen LogP contribution in [0.25, 0.3) is 0 Å². The molecular formula is C19H21O9S-. The molecule has 1 aromatic carbocycles. The van der Waals surface area contributed by atoms with E-state index in [9.17, 15) is 27.7 Å². The molecule has 1 aromatic rings. The Kier molecular flexibility index (Phi) is 4.73. The fourth-order valence-corrected chi connectivity index (χ4v) is 5.64. The predicted octanol–water partition coefficient (Wildman–Crippen LogP) is 0.460. The quantitative estimate of drug-likeness (QED) is 0.391. The van der Waals surface area contributed by atoms with Crippen LogP contribution in [0.4, 0.5) is 0 Å². The summed E-state index contributed by atoms with van der Waals surface area (Å²) < 4.78 is 49.1. The number of rotatable bonds is 6. The minimum absolute atomic E-state index is 0.0217. The van der Waals surface area contributed by atoms with Crippen molar-refractivity contribution in [1.82, 2.24) is 0 Å². The zero-order valence-corrected chi connectivity index (χ0v) is 16.6. The summed E-state index contributed by atoms with van der Waals surface area (Å²) in [5.74, 6) is -1.74. The zero-order chi connectivity index (χ0) is 21.1. The summed E-state index contributed by atoms with van der Waals surface area (Å²) in [5, 5.41) is 10.5. The molecule has 0 spiro atoms. The molecule has 158 valence electrons. The fourth-order valence-electron chi connectivity index (χ4n) is 5.17. The van der Waals surface area contributed by atoms with E-state index in [1.807, 2.05) is 0 Å². The molecule has 6 unspecified atom stereocenters. The van der Waals surface area contributed by atoms with Crippen molar-refractivity contribution in [2.75, 3.05) is 6.61 Å². The van der Waals surface area contributed by atoms with E-state index in [4.69, 9.17) is 14.2 Å². The molecule has 0 aromatic heterocycles. The Balaban J connectivity index is 1.39. The molecule has 3 aliphatic rings. The summed E-state index contributed by atoms with van der Waals surface area (Å²) in [6.07, 6.45) is -0.231. The Morgan fingerprint density at radius 2 is 1.93 bits per heavy atom. The second-order valence-corrected chi connectivity index (χ2v) is 9.73. The first-order chi connectivity index (χ1) is 13.5. The van der Waals surface area contributed by atoms with Gasteiger partial charge in [-0.05, 0) is 50.5 Å². The first-order valence-corrected chi connectivity index (χ1v) is 10.7. The van der Waals surface area contributed by atoms with Crippen LogP contribution in [0.1, 0.15) is 20.3 Å². The van der Waals surface area contributed by atoms with Crippen LogP contribution in [0, 0.1) is 23.7 Å². The summed E-state index contributed by atoms with van der Waals surface area (Å²) in [7, 11) is -4.58. The Bertz CT molecular complexity index is 931. The van der Waals surface area contributed by atoms with Crippen LogP contribution in [0.3, 0.4) is 0 Å². The smallest absolute Gasteiger partial charge is 0.337 e. The van der Waals surface area contributed by atoms with Crippen LogP contribution in [0.5, 0.6) is 5.75 Å². The van der Waals surface area contributed by atoms with Crippen LogP contribution in [0.15, 0.2) is 29.2 Å². The predicted molar refractivity (Wildman–Crippen MR) is 94.5 cm³/mol. The summed E-state index contributed by atoms with van der Waals surface area (Å²) >= 11 is 0. The molecule has 4 rings (SSSR count). The van der Waals surface area contributed by atoms with Crippen molar-refractivity contribution < 1.29 is 41.9 Å².